The number of hydrogen-bond acceptors (Lipinski definition) is 0. The zero-order valence-corrected chi connectivity index (χ0v) is 7.21. The normalized spacial score (nSPS) is 10.4. The summed E-state index contributed by atoms with van der Waals surface area (Å²) in [6, 6.07) is 7.99. The summed E-state index contributed by atoms with van der Waals surface area (Å²) < 4.78 is 4.83. The Hall–Kier alpha value is -1.37. The summed E-state index contributed by atoms with van der Waals surface area (Å²) in [4.78, 5) is 0. The van der Waals surface area contributed by atoms with Crippen LogP contribution in [0.1, 0.15) is 11.1 Å². The lowest BCUT2D eigenvalue weighted by atomic mass is 10.1. The highest BCUT2D eigenvalue weighted by atomic mass is 16.4. The van der Waals surface area contributed by atoms with Crippen LogP contribution in [0.5, 0.6) is 0 Å². The van der Waals surface area contributed by atoms with E-state index in [0.29, 0.717) is 0 Å². The molecule has 0 aromatic heterocycles. The van der Waals surface area contributed by atoms with Crippen LogP contribution < -0.4 is 0 Å². The van der Waals surface area contributed by atoms with Gasteiger partial charge in [-0.25, -0.2) is 0 Å². The van der Waals surface area contributed by atoms with Crippen molar-refractivity contribution < 1.29 is 4.42 Å². The van der Waals surface area contributed by atoms with Crippen molar-refractivity contribution >= 4 is 6.29 Å². The predicted octanol–water partition coefficient (Wildman–Crippen LogP) is 2.04. The van der Waals surface area contributed by atoms with E-state index < -0.39 is 0 Å². The minimum Gasteiger partial charge on any atom is -0.319 e. The average Bonchev–Trinajstić information content (AvgIpc) is 2.09. The summed E-state index contributed by atoms with van der Waals surface area (Å²) in [6.07, 6.45) is 5.54. The number of allylic oxidation sites excluding steroid dienone is 1. The number of hydrogen-bond donors (Lipinski definition) is 0. The highest BCUT2D eigenvalue weighted by Gasteiger charge is 1.91. The van der Waals surface area contributed by atoms with E-state index >= 15 is 0 Å². The van der Waals surface area contributed by atoms with Gasteiger partial charge in [0, 0.05) is 0 Å². The monoisotopic (exact) mass is 160 g/mol. The predicted molar refractivity (Wildman–Crippen MR) is 51.1 cm³/mol. The van der Waals surface area contributed by atoms with E-state index in [0.717, 1.165) is 12.0 Å². The Balaban J connectivity index is 2.99. The van der Waals surface area contributed by atoms with Crippen LogP contribution in [0.25, 0.3) is 0 Å². The molecule has 0 unspecified atom stereocenters. The summed E-state index contributed by atoms with van der Waals surface area (Å²) in [5.74, 6) is 0. The molecule has 0 heterocycles. The molecule has 0 saturated carbocycles. The molecule has 1 rings (SSSR count). The summed E-state index contributed by atoms with van der Waals surface area (Å²) >= 11 is 0. The van der Waals surface area contributed by atoms with Crippen LogP contribution in [0, 0.1) is 0 Å². The first-order valence-electron chi connectivity index (χ1n) is 3.86. The van der Waals surface area contributed by atoms with Crippen LogP contribution in [0.3, 0.4) is 0 Å². The maximum Gasteiger partial charge on any atom is 0.290 e. The first kappa shape index (κ1) is 8.72. The highest BCUT2D eigenvalue weighted by molar-refractivity contribution is 5.78. The van der Waals surface area contributed by atoms with Gasteiger partial charge in [0.1, 0.15) is 0 Å². The molecule has 0 bridgehead atoms. The van der Waals surface area contributed by atoms with Gasteiger partial charge in [-0.1, -0.05) is 24.1 Å². The second-order valence-corrected chi connectivity index (χ2v) is 2.46. The molecule has 0 radical (unpaired) electrons. The summed E-state index contributed by atoms with van der Waals surface area (Å²) in [7, 11) is 1.60. The van der Waals surface area contributed by atoms with E-state index in [1.54, 1.807) is 7.11 Å². The first-order valence-corrected chi connectivity index (χ1v) is 3.86. The molecule has 0 atom stereocenters. The van der Waals surface area contributed by atoms with Crippen LogP contribution >= 0.6 is 0 Å². The molecule has 0 N–H and O–H groups in total. The Morgan fingerprint density at radius 2 is 2.25 bits per heavy atom. The molecular weight excluding hydrogens is 148 g/mol. The molecule has 0 aliphatic carbocycles. The Morgan fingerprint density at radius 3 is 2.92 bits per heavy atom. The first-order chi connectivity index (χ1) is 5.88. The smallest absolute Gasteiger partial charge is 0.290 e. The van der Waals surface area contributed by atoms with Gasteiger partial charge in [0.15, 0.2) is 0 Å². The lowest BCUT2D eigenvalue weighted by Crippen LogP contribution is -1.91. The molecule has 0 aliphatic rings. The topological polar surface area (TPSA) is 11.3 Å². The minimum absolute atomic E-state index is 0.854. The van der Waals surface area contributed by atoms with Crippen LogP contribution in [-0.4, -0.2) is 13.4 Å². The van der Waals surface area contributed by atoms with Crippen molar-refractivity contribution in [3.8, 4) is 0 Å². The summed E-state index contributed by atoms with van der Waals surface area (Å²) in [6.45, 7) is 3.69. The highest BCUT2D eigenvalue weighted by Crippen LogP contribution is 2.06. The van der Waals surface area contributed by atoms with Gasteiger partial charge in [0.25, 0.3) is 6.29 Å². The maximum absolute atomic E-state index is 4.83. The Kier molecular flexibility index (Phi) is 3.27. The maximum atomic E-state index is 4.83. The zero-order valence-electron chi connectivity index (χ0n) is 7.21. The minimum atomic E-state index is 0.854. The van der Waals surface area contributed by atoms with E-state index in [-0.39, 0.29) is 0 Å². The molecule has 1 nitrogen and oxygen atoms in total. The molecule has 1 heteroatoms. The van der Waals surface area contributed by atoms with Gasteiger partial charge in [0.2, 0.25) is 7.11 Å². The van der Waals surface area contributed by atoms with Crippen LogP contribution in [-0.2, 0) is 10.8 Å². The largest absolute Gasteiger partial charge is 0.319 e. The second kappa shape index (κ2) is 4.50. The number of benzene rings is 1. The third kappa shape index (κ3) is 2.06. The molecule has 12 heavy (non-hydrogen) atoms. The van der Waals surface area contributed by atoms with Crippen LogP contribution in [0.15, 0.2) is 36.9 Å². The fourth-order valence-electron chi connectivity index (χ4n) is 1.06. The summed E-state index contributed by atoms with van der Waals surface area (Å²) in [5.41, 5.74) is 2.19. The molecule has 0 aliphatic heterocycles. The molecule has 0 saturated heterocycles. The van der Waals surface area contributed by atoms with Gasteiger partial charge in [-0.05, 0) is 0 Å². The lowest BCUT2D eigenvalue weighted by Gasteiger charge is -2.05. The van der Waals surface area contributed by atoms with Crippen molar-refractivity contribution in [2.45, 2.75) is 6.42 Å². The lowest BCUT2D eigenvalue weighted by molar-refractivity contribution is 0.185. The molecule has 1 aromatic carbocycles. The Bertz CT molecular complexity index is 287. The van der Waals surface area contributed by atoms with Gasteiger partial charge < -0.3 is 4.42 Å². The molecular formula is C11H12O. The SMILES string of the molecule is C=CCc1ccccc1[C-]=[O+]C. The van der Waals surface area contributed by atoms with E-state index in [9.17, 15) is 0 Å². The van der Waals surface area contributed by atoms with Gasteiger partial charge >= 0.3 is 0 Å². The van der Waals surface area contributed by atoms with E-state index in [2.05, 4.69) is 12.9 Å². The molecule has 62 valence electrons. The van der Waals surface area contributed by atoms with Crippen molar-refractivity contribution in [1.29, 1.82) is 0 Å². The standard InChI is InChI=1S/C11H12O/c1-3-6-10-7-4-5-8-11(10)9-12-2/h3-5,7-8H,1,6H2,2H3. The Morgan fingerprint density at radius 1 is 1.50 bits per heavy atom. The molecule has 1 aromatic rings. The number of rotatable bonds is 3. The van der Waals surface area contributed by atoms with E-state index in [1.807, 2.05) is 30.3 Å². The molecule has 0 amide bonds. The van der Waals surface area contributed by atoms with Crippen LogP contribution in [0.2, 0.25) is 0 Å². The Labute approximate surface area is 73.0 Å². The van der Waals surface area contributed by atoms with Crippen molar-refractivity contribution in [3.63, 3.8) is 0 Å². The van der Waals surface area contributed by atoms with Crippen molar-refractivity contribution in [2.75, 3.05) is 7.11 Å². The number of carbonyl (C=O) groups excluding carboxylic acids is 1. The van der Waals surface area contributed by atoms with Gasteiger partial charge in [-0.15, -0.1) is 24.3 Å². The van der Waals surface area contributed by atoms with Crippen molar-refractivity contribution in [1.82, 2.24) is 0 Å². The molecule has 0 spiro atoms. The van der Waals surface area contributed by atoms with Crippen LogP contribution in [0.4, 0.5) is 0 Å². The zero-order chi connectivity index (χ0) is 8.81. The van der Waals surface area contributed by atoms with Gasteiger partial charge in [0.05, 0.1) is 0 Å². The van der Waals surface area contributed by atoms with Gasteiger partial charge in [-0.3, -0.25) is 0 Å². The third-order valence-electron chi connectivity index (χ3n) is 1.59. The second-order valence-electron chi connectivity index (χ2n) is 2.46. The summed E-state index contributed by atoms with van der Waals surface area (Å²) in [5, 5.41) is 0. The van der Waals surface area contributed by atoms with Gasteiger partial charge in [-0.2, -0.15) is 6.07 Å². The fraction of sp³-hybridized carbons (Fsp3) is 0.182. The fourth-order valence-corrected chi connectivity index (χ4v) is 1.06. The van der Waals surface area contributed by atoms with E-state index in [1.165, 1.54) is 5.56 Å². The quantitative estimate of drug-likeness (QED) is 0.364. The van der Waals surface area contributed by atoms with Crippen molar-refractivity contribution in [3.05, 3.63) is 48.0 Å². The van der Waals surface area contributed by atoms with E-state index in [4.69, 9.17) is 4.42 Å². The third-order valence-corrected chi connectivity index (χ3v) is 1.59. The van der Waals surface area contributed by atoms with Crippen molar-refractivity contribution in [2.24, 2.45) is 0 Å². The average molecular weight is 160 g/mol. The molecule has 0 fully saturated rings.